The summed E-state index contributed by atoms with van der Waals surface area (Å²) in [7, 11) is 0. The molecule has 0 fully saturated rings. The van der Waals surface area contributed by atoms with Gasteiger partial charge in [0.1, 0.15) is 0 Å². The molecule has 1 aliphatic carbocycles. The van der Waals surface area contributed by atoms with Crippen LogP contribution in [0.4, 0.5) is 0 Å². The second kappa shape index (κ2) is 3.93. The van der Waals surface area contributed by atoms with Crippen molar-refractivity contribution in [3.63, 3.8) is 0 Å². The van der Waals surface area contributed by atoms with Crippen LogP contribution < -0.4 is 0 Å². The van der Waals surface area contributed by atoms with E-state index in [1.54, 1.807) is 0 Å². The summed E-state index contributed by atoms with van der Waals surface area (Å²) in [5.74, 6) is 1.12. The van der Waals surface area contributed by atoms with Gasteiger partial charge in [-0.05, 0) is 39.7 Å². The van der Waals surface area contributed by atoms with Crippen molar-refractivity contribution in [3.05, 3.63) is 47.5 Å². The topological polar surface area (TPSA) is 0 Å². The van der Waals surface area contributed by atoms with E-state index in [4.69, 9.17) is 0 Å². The summed E-state index contributed by atoms with van der Waals surface area (Å²) in [5, 5.41) is 0. The summed E-state index contributed by atoms with van der Waals surface area (Å²) >= 11 is 0. The van der Waals surface area contributed by atoms with Gasteiger partial charge >= 0.3 is 0 Å². The molecule has 0 spiro atoms. The third-order valence-corrected chi connectivity index (χ3v) is 3.31. The molecule has 0 bridgehead atoms. The molecule has 1 aliphatic rings. The zero-order valence-electron chi connectivity index (χ0n) is 10.7. The monoisotopic (exact) mass is 212 g/mol. The van der Waals surface area contributed by atoms with Crippen LogP contribution in [0.3, 0.4) is 0 Å². The van der Waals surface area contributed by atoms with Crippen LogP contribution in [-0.4, -0.2) is 0 Å². The molecule has 0 amide bonds. The maximum atomic E-state index is 4.27. The molecule has 0 atom stereocenters. The van der Waals surface area contributed by atoms with E-state index >= 15 is 0 Å². The summed E-state index contributed by atoms with van der Waals surface area (Å²) in [4.78, 5) is 0. The van der Waals surface area contributed by atoms with Crippen molar-refractivity contribution < 1.29 is 0 Å². The minimum Gasteiger partial charge on any atom is -0.0908 e. The molecular weight excluding hydrogens is 192 g/mol. The maximum Gasteiger partial charge on any atom is -0.0111 e. The van der Waals surface area contributed by atoms with Crippen LogP contribution in [0.5, 0.6) is 0 Å². The Morgan fingerprint density at radius 3 is 1.81 bits per heavy atom. The van der Waals surface area contributed by atoms with E-state index in [1.807, 2.05) is 0 Å². The number of rotatable bonds is 2. The molecule has 1 aromatic carbocycles. The Kier molecular flexibility index (Phi) is 2.75. The highest BCUT2D eigenvalue weighted by molar-refractivity contribution is 5.99. The highest BCUT2D eigenvalue weighted by Gasteiger charge is 2.27. The molecule has 0 saturated carbocycles. The molecule has 0 nitrogen and oxygen atoms in total. The Balaban J connectivity index is 2.67. The van der Waals surface area contributed by atoms with Crippen molar-refractivity contribution in [2.75, 3.05) is 0 Å². The van der Waals surface area contributed by atoms with Crippen molar-refractivity contribution >= 4 is 11.1 Å². The SMILES string of the molecule is C=C1C(C(C)C)=C(C(C)C)c2ccccc21. The lowest BCUT2D eigenvalue weighted by Gasteiger charge is -2.15. The Labute approximate surface area is 98.7 Å². The molecule has 0 saturated heterocycles. The van der Waals surface area contributed by atoms with Gasteiger partial charge in [0.15, 0.2) is 0 Å². The average molecular weight is 212 g/mol. The quantitative estimate of drug-likeness (QED) is 0.662. The smallest absolute Gasteiger partial charge is 0.0111 e. The summed E-state index contributed by atoms with van der Waals surface area (Å²) in [6, 6.07) is 8.64. The first kappa shape index (κ1) is 11.2. The predicted molar refractivity (Wildman–Crippen MR) is 72.1 cm³/mol. The third kappa shape index (κ3) is 1.53. The lowest BCUT2D eigenvalue weighted by atomic mass is 9.90. The highest BCUT2D eigenvalue weighted by Crippen LogP contribution is 2.46. The van der Waals surface area contributed by atoms with Crippen LogP contribution in [-0.2, 0) is 0 Å². The van der Waals surface area contributed by atoms with Crippen molar-refractivity contribution in [1.82, 2.24) is 0 Å². The van der Waals surface area contributed by atoms with E-state index in [0.717, 1.165) is 0 Å². The van der Waals surface area contributed by atoms with Gasteiger partial charge in [0.2, 0.25) is 0 Å². The van der Waals surface area contributed by atoms with E-state index in [2.05, 4.69) is 58.5 Å². The van der Waals surface area contributed by atoms with Gasteiger partial charge in [-0.3, -0.25) is 0 Å². The minimum atomic E-state index is 0.553. The number of fused-ring (bicyclic) bond motifs is 1. The summed E-state index contributed by atoms with van der Waals surface area (Å²) in [6.07, 6.45) is 0. The Hall–Kier alpha value is -1.30. The van der Waals surface area contributed by atoms with Crippen LogP contribution in [0.25, 0.3) is 11.1 Å². The largest absolute Gasteiger partial charge is 0.0908 e. The van der Waals surface area contributed by atoms with Crippen LogP contribution in [0.15, 0.2) is 36.4 Å². The molecule has 0 heterocycles. The molecule has 1 aromatic rings. The molecule has 0 N–H and O–H groups in total. The van der Waals surface area contributed by atoms with Gasteiger partial charge in [-0.25, -0.2) is 0 Å². The average Bonchev–Trinajstić information content (AvgIpc) is 2.53. The second-order valence-electron chi connectivity index (χ2n) is 5.16. The normalized spacial score (nSPS) is 15.2. The van der Waals surface area contributed by atoms with Gasteiger partial charge in [0.05, 0.1) is 0 Å². The third-order valence-electron chi connectivity index (χ3n) is 3.31. The summed E-state index contributed by atoms with van der Waals surface area (Å²) in [5.41, 5.74) is 6.90. The lowest BCUT2D eigenvalue weighted by Crippen LogP contribution is -1.99. The van der Waals surface area contributed by atoms with E-state index < -0.39 is 0 Å². The number of allylic oxidation sites excluding steroid dienone is 3. The van der Waals surface area contributed by atoms with Crippen molar-refractivity contribution in [2.24, 2.45) is 11.8 Å². The molecule has 2 rings (SSSR count). The molecule has 16 heavy (non-hydrogen) atoms. The zero-order chi connectivity index (χ0) is 11.9. The number of hydrogen-bond acceptors (Lipinski definition) is 0. The second-order valence-corrected chi connectivity index (χ2v) is 5.16. The van der Waals surface area contributed by atoms with Crippen LogP contribution in [0.2, 0.25) is 0 Å². The first-order chi connectivity index (χ1) is 7.54. The fourth-order valence-electron chi connectivity index (χ4n) is 2.72. The first-order valence-corrected chi connectivity index (χ1v) is 6.07. The number of hydrogen-bond donors (Lipinski definition) is 0. The molecule has 0 heteroatoms. The maximum absolute atomic E-state index is 4.27. The van der Waals surface area contributed by atoms with Gasteiger partial charge in [-0.15, -0.1) is 0 Å². The molecule has 0 radical (unpaired) electrons. The minimum absolute atomic E-state index is 0.553. The van der Waals surface area contributed by atoms with Crippen molar-refractivity contribution in [2.45, 2.75) is 27.7 Å². The summed E-state index contributed by atoms with van der Waals surface area (Å²) < 4.78 is 0. The molecule has 84 valence electrons. The van der Waals surface area contributed by atoms with Crippen molar-refractivity contribution in [1.29, 1.82) is 0 Å². The Bertz CT molecular complexity index is 459. The predicted octanol–water partition coefficient (Wildman–Crippen LogP) is 4.78. The number of benzene rings is 1. The molecule has 0 unspecified atom stereocenters. The van der Waals surface area contributed by atoms with Gasteiger partial charge in [-0.2, -0.15) is 0 Å². The van der Waals surface area contributed by atoms with E-state index in [-0.39, 0.29) is 0 Å². The molecule has 0 aliphatic heterocycles. The molecule has 0 aromatic heterocycles. The van der Waals surface area contributed by atoms with E-state index in [0.29, 0.717) is 11.8 Å². The fraction of sp³-hybridized carbons (Fsp3) is 0.375. The van der Waals surface area contributed by atoms with Gasteiger partial charge in [-0.1, -0.05) is 58.5 Å². The first-order valence-electron chi connectivity index (χ1n) is 6.07. The fourth-order valence-corrected chi connectivity index (χ4v) is 2.72. The van der Waals surface area contributed by atoms with Crippen molar-refractivity contribution in [3.8, 4) is 0 Å². The zero-order valence-corrected chi connectivity index (χ0v) is 10.7. The highest BCUT2D eigenvalue weighted by atomic mass is 14.3. The van der Waals surface area contributed by atoms with E-state index in [1.165, 1.54) is 27.8 Å². The van der Waals surface area contributed by atoms with Gasteiger partial charge < -0.3 is 0 Å². The Morgan fingerprint density at radius 2 is 1.31 bits per heavy atom. The standard InChI is InChI=1S/C16H20/c1-10(2)15-12(5)13-8-6-7-9-14(13)16(15)11(3)4/h6-11H,5H2,1-4H3. The van der Waals surface area contributed by atoms with Crippen LogP contribution in [0.1, 0.15) is 38.8 Å². The van der Waals surface area contributed by atoms with Crippen LogP contribution >= 0.6 is 0 Å². The summed E-state index contributed by atoms with van der Waals surface area (Å²) in [6.45, 7) is 13.3. The van der Waals surface area contributed by atoms with E-state index in [9.17, 15) is 0 Å². The Morgan fingerprint density at radius 1 is 0.812 bits per heavy atom. The van der Waals surface area contributed by atoms with Gasteiger partial charge in [0, 0.05) is 0 Å². The lowest BCUT2D eigenvalue weighted by molar-refractivity contribution is 0.775. The van der Waals surface area contributed by atoms with Gasteiger partial charge in [0.25, 0.3) is 0 Å². The molecular formula is C16H20. The van der Waals surface area contributed by atoms with Crippen LogP contribution in [0, 0.1) is 11.8 Å².